The highest BCUT2D eigenvalue weighted by Gasteiger charge is 2.30. The second-order valence-corrected chi connectivity index (χ2v) is 5.85. The molecule has 1 aromatic carbocycles. The van der Waals surface area contributed by atoms with Crippen molar-refractivity contribution in [1.29, 1.82) is 0 Å². The highest BCUT2D eigenvalue weighted by molar-refractivity contribution is 6.32. The van der Waals surface area contributed by atoms with Gasteiger partial charge >= 0.3 is 0 Å². The van der Waals surface area contributed by atoms with E-state index in [1.54, 1.807) is 25.1 Å². The number of aliphatic hydroxyl groups excluding tert-OH is 1. The molecule has 0 aromatic heterocycles. The van der Waals surface area contributed by atoms with Crippen molar-refractivity contribution in [3.63, 3.8) is 0 Å². The predicted molar refractivity (Wildman–Crippen MR) is 75.6 cm³/mol. The minimum atomic E-state index is -0.718. The molecule has 0 heterocycles. The molecule has 3 nitrogen and oxygen atoms in total. The average molecular weight is 285 g/mol. The monoisotopic (exact) mass is 284 g/mol. The van der Waals surface area contributed by atoms with Gasteiger partial charge in [0.05, 0.1) is 16.7 Å². The van der Waals surface area contributed by atoms with Gasteiger partial charge in [0.1, 0.15) is 12.4 Å². The highest BCUT2D eigenvalue weighted by atomic mass is 35.5. The van der Waals surface area contributed by atoms with Gasteiger partial charge in [-0.2, -0.15) is 0 Å². The Kier molecular flexibility index (Phi) is 4.71. The zero-order valence-electron chi connectivity index (χ0n) is 11.2. The minimum Gasteiger partial charge on any atom is -0.489 e. The van der Waals surface area contributed by atoms with E-state index < -0.39 is 11.7 Å². The molecule has 1 saturated carbocycles. The van der Waals surface area contributed by atoms with Crippen molar-refractivity contribution in [3.8, 4) is 5.75 Å². The molecule has 0 aliphatic heterocycles. The summed E-state index contributed by atoms with van der Waals surface area (Å²) in [6, 6.07) is 5.24. The van der Waals surface area contributed by atoms with Gasteiger partial charge in [-0.25, -0.2) is 0 Å². The molecule has 0 radical (unpaired) electrons. The van der Waals surface area contributed by atoms with E-state index in [2.05, 4.69) is 0 Å². The Morgan fingerprint density at radius 1 is 1.32 bits per heavy atom. The largest absolute Gasteiger partial charge is 0.489 e. The summed E-state index contributed by atoms with van der Waals surface area (Å²) in [6.07, 6.45) is 4.32. The van der Waals surface area contributed by atoms with E-state index in [0.717, 1.165) is 31.2 Å². The number of halogens is 1. The Labute approximate surface area is 119 Å². The van der Waals surface area contributed by atoms with E-state index in [4.69, 9.17) is 16.3 Å². The van der Waals surface area contributed by atoms with Gasteiger partial charge in [0.15, 0.2) is 0 Å². The maximum absolute atomic E-state index is 10.4. The van der Waals surface area contributed by atoms with Gasteiger partial charge < -0.3 is 14.9 Å². The van der Waals surface area contributed by atoms with Crippen molar-refractivity contribution in [1.82, 2.24) is 0 Å². The Hall–Kier alpha value is -0.770. The van der Waals surface area contributed by atoms with Crippen LogP contribution in [0.15, 0.2) is 18.2 Å². The van der Waals surface area contributed by atoms with Crippen LogP contribution in [0.25, 0.3) is 0 Å². The van der Waals surface area contributed by atoms with Gasteiger partial charge in [0.25, 0.3) is 0 Å². The molecule has 1 aromatic rings. The van der Waals surface area contributed by atoms with Crippen LogP contribution in [0.5, 0.6) is 5.75 Å². The second-order valence-electron chi connectivity index (χ2n) is 5.44. The molecule has 1 atom stereocenters. The molecule has 0 amide bonds. The van der Waals surface area contributed by atoms with Crippen LogP contribution in [-0.4, -0.2) is 22.4 Å². The van der Waals surface area contributed by atoms with Crippen molar-refractivity contribution in [2.75, 3.05) is 6.61 Å². The van der Waals surface area contributed by atoms with Crippen molar-refractivity contribution in [3.05, 3.63) is 28.8 Å². The molecule has 1 fully saturated rings. The van der Waals surface area contributed by atoms with Crippen LogP contribution in [0.4, 0.5) is 0 Å². The smallest absolute Gasteiger partial charge is 0.138 e. The van der Waals surface area contributed by atoms with Crippen molar-refractivity contribution >= 4 is 11.6 Å². The molecule has 4 heteroatoms. The topological polar surface area (TPSA) is 49.7 Å². The minimum absolute atomic E-state index is 0.279. The van der Waals surface area contributed by atoms with Crippen LogP contribution < -0.4 is 4.74 Å². The molecule has 1 aliphatic rings. The van der Waals surface area contributed by atoms with E-state index in [1.165, 1.54) is 6.42 Å². The van der Waals surface area contributed by atoms with Crippen LogP contribution in [0.1, 0.15) is 50.7 Å². The molecule has 0 saturated heterocycles. The normalized spacial score (nSPS) is 20.0. The number of aliphatic hydroxyl groups is 2. The second kappa shape index (κ2) is 6.12. The van der Waals surface area contributed by atoms with Gasteiger partial charge in [0.2, 0.25) is 0 Å². The summed E-state index contributed by atoms with van der Waals surface area (Å²) >= 11 is 6.12. The lowest BCUT2D eigenvalue weighted by molar-refractivity contribution is -0.0338. The van der Waals surface area contributed by atoms with Crippen LogP contribution in [0, 0.1) is 0 Å². The van der Waals surface area contributed by atoms with E-state index in [0.29, 0.717) is 10.8 Å². The van der Waals surface area contributed by atoms with Gasteiger partial charge in [0, 0.05) is 0 Å². The summed E-state index contributed by atoms with van der Waals surface area (Å²) in [4.78, 5) is 0. The summed E-state index contributed by atoms with van der Waals surface area (Å²) in [5.74, 6) is 0.560. The number of hydrogen-bond acceptors (Lipinski definition) is 3. The number of rotatable bonds is 4. The lowest BCUT2D eigenvalue weighted by Crippen LogP contribution is -2.37. The average Bonchev–Trinajstić information content (AvgIpc) is 2.38. The third-order valence-corrected chi connectivity index (χ3v) is 4.01. The van der Waals surface area contributed by atoms with Gasteiger partial charge in [-0.15, -0.1) is 0 Å². The Balaban J connectivity index is 1.99. The Bertz CT molecular complexity index is 425. The first-order valence-electron chi connectivity index (χ1n) is 6.83. The van der Waals surface area contributed by atoms with Crippen molar-refractivity contribution < 1.29 is 14.9 Å². The third-order valence-electron chi connectivity index (χ3n) is 3.72. The van der Waals surface area contributed by atoms with E-state index in [1.807, 2.05) is 0 Å². The molecule has 0 bridgehead atoms. The molecule has 1 aliphatic carbocycles. The van der Waals surface area contributed by atoms with Crippen LogP contribution >= 0.6 is 11.6 Å². The highest BCUT2D eigenvalue weighted by Crippen LogP contribution is 2.32. The lowest BCUT2D eigenvalue weighted by Gasteiger charge is -2.31. The first kappa shape index (κ1) is 14.6. The van der Waals surface area contributed by atoms with Crippen LogP contribution in [-0.2, 0) is 0 Å². The first-order chi connectivity index (χ1) is 9.00. The molecular weight excluding hydrogens is 264 g/mol. The standard InChI is InChI=1S/C15H21ClO3/c1-11(17)12-5-6-14(13(16)9-12)19-10-15(18)7-3-2-4-8-15/h5-6,9,11,17-18H,2-4,7-8,10H2,1H3. The number of hydrogen-bond donors (Lipinski definition) is 2. The lowest BCUT2D eigenvalue weighted by atomic mass is 9.85. The zero-order chi connectivity index (χ0) is 13.9. The molecule has 2 N–H and O–H groups in total. The number of benzene rings is 1. The maximum atomic E-state index is 10.4. The zero-order valence-corrected chi connectivity index (χ0v) is 12.0. The van der Waals surface area contributed by atoms with Gasteiger partial charge in [-0.1, -0.05) is 36.9 Å². The van der Waals surface area contributed by atoms with Crippen molar-refractivity contribution in [2.24, 2.45) is 0 Å². The molecular formula is C15H21ClO3. The fourth-order valence-electron chi connectivity index (χ4n) is 2.46. The van der Waals surface area contributed by atoms with Gasteiger partial charge in [-0.05, 0) is 37.5 Å². The van der Waals surface area contributed by atoms with Gasteiger partial charge in [-0.3, -0.25) is 0 Å². The Morgan fingerprint density at radius 2 is 2.00 bits per heavy atom. The fraction of sp³-hybridized carbons (Fsp3) is 0.600. The summed E-state index contributed by atoms with van der Waals surface area (Å²) in [7, 11) is 0. The summed E-state index contributed by atoms with van der Waals surface area (Å²) < 4.78 is 5.65. The Morgan fingerprint density at radius 3 is 2.58 bits per heavy atom. The molecule has 19 heavy (non-hydrogen) atoms. The molecule has 0 spiro atoms. The molecule has 106 valence electrons. The quantitative estimate of drug-likeness (QED) is 0.890. The molecule has 2 rings (SSSR count). The third kappa shape index (κ3) is 3.85. The van der Waals surface area contributed by atoms with E-state index in [9.17, 15) is 10.2 Å². The fourth-order valence-corrected chi connectivity index (χ4v) is 2.70. The van der Waals surface area contributed by atoms with Crippen molar-refractivity contribution in [2.45, 2.75) is 50.7 Å². The number of ether oxygens (including phenoxy) is 1. The summed E-state index contributed by atoms with van der Waals surface area (Å²) in [5, 5.41) is 20.3. The summed E-state index contributed by atoms with van der Waals surface area (Å²) in [6.45, 7) is 1.97. The molecule has 1 unspecified atom stereocenters. The van der Waals surface area contributed by atoms with E-state index >= 15 is 0 Å². The SMILES string of the molecule is CC(O)c1ccc(OCC2(O)CCCCC2)c(Cl)c1. The van der Waals surface area contributed by atoms with E-state index in [-0.39, 0.29) is 6.61 Å². The van der Waals surface area contributed by atoms with Crippen LogP contribution in [0.2, 0.25) is 5.02 Å². The predicted octanol–water partition coefficient (Wildman–Crippen LogP) is 3.47. The summed E-state index contributed by atoms with van der Waals surface area (Å²) in [5.41, 5.74) is 0.0403. The van der Waals surface area contributed by atoms with Crippen LogP contribution in [0.3, 0.4) is 0 Å². The first-order valence-corrected chi connectivity index (χ1v) is 7.21. The maximum Gasteiger partial charge on any atom is 0.138 e.